The SMILES string of the molecule is C#CN(C(=O)C(CCC(N)=O)NC(=O)OC(C)(C)C)C(C(=O)Nc1c(C)cccc1C)c1cc(C)cc(C)c1. The summed E-state index contributed by atoms with van der Waals surface area (Å²) in [5.74, 6) is -1.95. The van der Waals surface area contributed by atoms with Gasteiger partial charge in [0.05, 0.1) is 0 Å². The summed E-state index contributed by atoms with van der Waals surface area (Å²) >= 11 is 0. The molecule has 2 aromatic rings. The van der Waals surface area contributed by atoms with Crippen LogP contribution in [0.4, 0.5) is 10.5 Å². The number of para-hydroxylation sites is 1. The van der Waals surface area contributed by atoms with Gasteiger partial charge in [-0.15, -0.1) is 0 Å². The molecule has 208 valence electrons. The van der Waals surface area contributed by atoms with Crippen LogP contribution < -0.4 is 16.4 Å². The van der Waals surface area contributed by atoms with E-state index in [0.29, 0.717) is 11.3 Å². The molecule has 39 heavy (non-hydrogen) atoms. The number of rotatable bonds is 9. The first-order valence-corrected chi connectivity index (χ1v) is 12.7. The topological polar surface area (TPSA) is 131 Å². The van der Waals surface area contributed by atoms with E-state index in [1.54, 1.807) is 32.9 Å². The standard InChI is InChI=1S/C30H38N4O5/c1-9-34(28(37)23(13-14-24(31)35)32-29(38)39-30(6,7)8)26(22-16-18(2)15-19(3)17-22)27(36)33-25-20(4)11-10-12-21(25)5/h1,10-12,15-17,23,26H,13-14H2,2-8H3,(H2,31,35)(H,32,38)(H,33,36). The second-order valence-electron chi connectivity index (χ2n) is 10.6. The quantitative estimate of drug-likeness (QED) is 0.328. The number of hydrogen-bond acceptors (Lipinski definition) is 5. The van der Waals surface area contributed by atoms with Crippen LogP contribution in [-0.2, 0) is 19.1 Å². The number of carbonyl (C=O) groups is 4. The fraction of sp³-hybridized carbons (Fsp3) is 0.400. The van der Waals surface area contributed by atoms with Gasteiger partial charge in [0.1, 0.15) is 17.7 Å². The van der Waals surface area contributed by atoms with E-state index in [1.807, 2.05) is 52.0 Å². The maximum Gasteiger partial charge on any atom is 0.408 e. The predicted octanol–water partition coefficient (Wildman–Crippen LogP) is 4.18. The van der Waals surface area contributed by atoms with E-state index in [-0.39, 0.29) is 12.8 Å². The minimum absolute atomic E-state index is 0.135. The summed E-state index contributed by atoms with van der Waals surface area (Å²) in [4.78, 5) is 52.7. The fourth-order valence-corrected chi connectivity index (χ4v) is 4.22. The van der Waals surface area contributed by atoms with Crippen LogP contribution >= 0.6 is 0 Å². The normalized spacial score (nSPS) is 12.5. The second-order valence-corrected chi connectivity index (χ2v) is 10.6. The number of carbonyl (C=O) groups excluding carboxylic acids is 4. The van der Waals surface area contributed by atoms with Gasteiger partial charge < -0.3 is 21.1 Å². The Kier molecular flexibility index (Phi) is 10.3. The molecule has 0 saturated carbocycles. The van der Waals surface area contributed by atoms with Gasteiger partial charge in [0.25, 0.3) is 11.8 Å². The van der Waals surface area contributed by atoms with Crippen molar-refractivity contribution < 1.29 is 23.9 Å². The highest BCUT2D eigenvalue weighted by Crippen LogP contribution is 2.28. The van der Waals surface area contributed by atoms with Crippen molar-refractivity contribution >= 4 is 29.5 Å². The lowest BCUT2D eigenvalue weighted by atomic mass is 9.98. The van der Waals surface area contributed by atoms with Crippen molar-refractivity contribution in [1.29, 1.82) is 0 Å². The Bertz CT molecular complexity index is 1250. The number of alkyl carbamates (subject to hydrolysis) is 1. The molecule has 0 saturated heterocycles. The summed E-state index contributed by atoms with van der Waals surface area (Å²) in [7, 11) is 0. The van der Waals surface area contributed by atoms with Crippen LogP contribution in [0, 0.1) is 40.2 Å². The number of nitrogens with one attached hydrogen (secondary N) is 2. The molecular formula is C30H38N4O5. The lowest BCUT2D eigenvalue weighted by Crippen LogP contribution is -2.51. The molecule has 4 N–H and O–H groups in total. The average Bonchev–Trinajstić information content (AvgIpc) is 2.80. The molecule has 0 bridgehead atoms. The second kappa shape index (κ2) is 13.0. The number of nitrogens with zero attached hydrogens (tertiary/aromatic N) is 1. The van der Waals surface area contributed by atoms with Crippen LogP contribution in [0.25, 0.3) is 0 Å². The zero-order valence-electron chi connectivity index (χ0n) is 23.7. The molecule has 0 spiro atoms. The van der Waals surface area contributed by atoms with E-state index in [4.69, 9.17) is 16.9 Å². The van der Waals surface area contributed by atoms with E-state index in [0.717, 1.165) is 27.2 Å². The van der Waals surface area contributed by atoms with Gasteiger partial charge in [0.2, 0.25) is 5.91 Å². The molecule has 2 atom stereocenters. The molecule has 2 rings (SSSR count). The molecule has 9 nitrogen and oxygen atoms in total. The molecule has 0 aliphatic heterocycles. The molecule has 2 unspecified atom stereocenters. The third kappa shape index (κ3) is 8.88. The van der Waals surface area contributed by atoms with Gasteiger partial charge in [-0.1, -0.05) is 53.9 Å². The molecule has 0 radical (unpaired) electrons. The number of amides is 4. The molecule has 0 heterocycles. The lowest BCUT2D eigenvalue weighted by molar-refractivity contribution is -0.137. The molecule has 0 fully saturated rings. The third-order valence-corrected chi connectivity index (χ3v) is 5.84. The van der Waals surface area contributed by atoms with E-state index in [1.165, 1.54) is 0 Å². The number of nitrogens with two attached hydrogens (primary N) is 1. The maximum atomic E-state index is 13.9. The smallest absolute Gasteiger partial charge is 0.408 e. The summed E-state index contributed by atoms with van der Waals surface area (Å²) in [5.41, 5.74) is 9.01. The Hall–Kier alpha value is -4.32. The van der Waals surface area contributed by atoms with Crippen LogP contribution in [0.2, 0.25) is 0 Å². The number of benzene rings is 2. The molecule has 0 aliphatic carbocycles. The van der Waals surface area contributed by atoms with Crippen molar-refractivity contribution in [2.24, 2.45) is 5.73 Å². The van der Waals surface area contributed by atoms with Crippen molar-refractivity contribution in [3.05, 3.63) is 64.2 Å². The van der Waals surface area contributed by atoms with Gasteiger partial charge >= 0.3 is 6.09 Å². The van der Waals surface area contributed by atoms with Crippen LogP contribution in [0.15, 0.2) is 36.4 Å². The van der Waals surface area contributed by atoms with Gasteiger partial charge in [-0.25, -0.2) is 4.79 Å². The highest BCUT2D eigenvalue weighted by atomic mass is 16.6. The predicted molar refractivity (Wildman–Crippen MR) is 150 cm³/mol. The van der Waals surface area contributed by atoms with E-state index in [9.17, 15) is 19.2 Å². The average molecular weight is 535 g/mol. The Morgan fingerprint density at radius 1 is 1.03 bits per heavy atom. The molecule has 0 aromatic heterocycles. The third-order valence-electron chi connectivity index (χ3n) is 5.84. The number of hydrogen-bond donors (Lipinski definition) is 3. The van der Waals surface area contributed by atoms with Gasteiger partial charge in [-0.05, 0) is 71.6 Å². The zero-order valence-corrected chi connectivity index (χ0v) is 23.7. The molecular weight excluding hydrogens is 496 g/mol. The van der Waals surface area contributed by atoms with Crippen molar-refractivity contribution in [1.82, 2.24) is 10.2 Å². The summed E-state index contributed by atoms with van der Waals surface area (Å²) in [5, 5.41) is 5.42. The van der Waals surface area contributed by atoms with Crippen LogP contribution in [0.1, 0.15) is 67.5 Å². The first-order valence-electron chi connectivity index (χ1n) is 12.7. The van der Waals surface area contributed by atoms with Crippen molar-refractivity contribution in [2.45, 2.75) is 79.0 Å². The Labute approximate surface area is 230 Å². The number of terminal acetylenes is 1. The van der Waals surface area contributed by atoms with Gasteiger partial charge in [0, 0.05) is 18.2 Å². The largest absolute Gasteiger partial charge is 0.444 e. The van der Waals surface area contributed by atoms with Crippen molar-refractivity contribution in [2.75, 3.05) is 5.32 Å². The number of primary amides is 1. The van der Waals surface area contributed by atoms with E-state index < -0.39 is 41.5 Å². The number of ether oxygens (including phenoxy) is 1. The number of anilines is 1. The Balaban J connectivity index is 2.56. The summed E-state index contributed by atoms with van der Waals surface area (Å²) in [6, 6.07) is 10.9. The van der Waals surface area contributed by atoms with Crippen LogP contribution in [-0.4, -0.2) is 40.4 Å². The van der Waals surface area contributed by atoms with Gasteiger partial charge in [0.15, 0.2) is 0 Å². The van der Waals surface area contributed by atoms with Crippen molar-refractivity contribution in [3.63, 3.8) is 0 Å². The fourth-order valence-electron chi connectivity index (χ4n) is 4.22. The van der Waals surface area contributed by atoms with Crippen LogP contribution in [0.3, 0.4) is 0 Å². The first-order chi connectivity index (χ1) is 18.1. The lowest BCUT2D eigenvalue weighted by Gasteiger charge is -2.31. The summed E-state index contributed by atoms with van der Waals surface area (Å²) in [6.07, 6.45) is 4.64. The monoisotopic (exact) mass is 534 g/mol. The zero-order chi connectivity index (χ0) is 29.5. The molecule has 4 amide bonds. The Morgan fingerprint density at radius 2 is 1.59 bits per heavy atom. The maximum absolute atomic E-state index is 13.9. The molecule has 0 aliphatic rings. The highest BCUT2D eigenvalue weighted by Gasteiger charge is 2.36. The minimum atomic E-state index is -1.27. The van der Waals surface area contributed by atoms with E-state index in [2.05, 4.69) is 16.7 Å². The van der Waals surface area contributed by atoms with Crippen molar-refractivity contribution in [3.8, 4) is 12.5 Å². The van der Waals surface area contributed by atoms with E-state index >= 15 is 0 Å². The van der Waals surface area contributed by atoms with Gasteiger partial charge in [-0.3, -0.25) is 19.3 Å². The summed E-state index contributed by atoms with van der Waals surface area (Å²) < 4.78 is 5.30. The summed E-state index contributed by atoms with van der Waals surface area (Å²) in [6.45, 7) is 12.5. The molecule has 9 heteroatoms. The molecule has 2 aromatic carbocycles. The van der Waals surface area contributed by atoms with Gasteiger partial charge in [-0.2, -0.15) is 0 Å². The highest BCUT2D eigenvalue weighted by molar-refractivity contribution is 6.00. The minimum Gasteiger partial charge on any atom is -0.444 e. The first kappa shape index (κ1) is 30.9. The van der Waals surface area contributed by atoms with Crippen LogP contribution in [0.5, 0.6) is 0 Å². The Morgan fingerprint density at radius 3 is 2.08 bits per heavy atom. The number of aryl methyl sites for hydroxylation is 4.